The Morgan fingerprint density at radius 1 is 0.812 bits per heavy atom. The van der Waals surface area contributed by atoms with E-state index < -0.39 is 36.8 Å². The van der Waals surface area contributed by atoms with Gasteiger partial charge in [-0.05, 0) is 71.1 Å². The molecule has 3 aromatic rings. The Labute approximate surface area is 197 Å². The van der Waals surface area contributed by atoms with Crippen molar-refractivity contribution in [2.75, 3.05) is 23.8 Å². The SMILES string of the molecule is O=C(COC(=O)c1ccccc1OCC(=O)Nc1ccccc1F)Nc1ccc(I)cc1. The molecule has 0 aliphatic rings. The zero-order valence-electron chi connectivity index (χ0n) is 16.6. The van der Waals surface area contributed by atoms with Crippen molar-refractivity contribution < 1.29 is 28.2 Å². The molecule has 164 valence electrons. The number of ether oxygens (including phenoxy) is 2. The van der Waals surface area contributed by atoms with E-state index in [4.69, 9.17) is 9.47 Å². The maximum Gasteiger partial charge on any atom is 0.342 e. The summed E-state index contributed by atoms with van der Waals surface area (Å²) in [5.74, 6) is -2.36. The molecule has 7 nitrogen and oxygen atoms in total. The van der Waals surface area contributed by atoms with Crippen LogP contribution in [0, 0.1) is 9.39 Å². The molecule has 9 heteroatoms. The molecule has 0 heterocycles. The fourth-order valence-corrected chi connectivity index (χ4v) is 2.95. The van der Waals surface area contributed by atoms with Gasteiger partial charge >= 0.3 is 5.97 Å². The third-order valence-electron chi connectivity index (χ3n) is 4.08. The summed E-state index contributed by atoms with van der Waals surface area (Å²) in [4.78, 5) is 36.5. The fraction of sp³-hybridized carbons (Fsp3) is 0.0870. The minimum absolute atomic E-state index is 0.0212. The van der Waals surface area contributed by atoms with Gasteiger partial charge < -0.3 is 20.1 Å². The number of para-hydroxylation sites is 2. The molecule has 0 bridgehead atoms. The normalized spacial score (nSPS) is 10.2. The van der Waals surface area contributed by atoms with Crippen molar-refractivity contribution in [1.29, 1.82) is 0 Å². The molecule has 2 N–H and O–H groups in total. The zero-order valence-corrected chi connectivity index (χ0v) is 18.8. The van der Waals surface area contributed by atoms with E-state index >= 15 is 0 Å². The number of rotatable bonds is 8. The number of esters is 1. The third-order valence-corrected chi connectivity index (χ3v) is 4.80. The molecule has 0 spiro atoms. The van der Waals surface area contributed by atoms with E-state index in [9.17, 15) is 18.8 Å². The van der Waals surface area contributed by atoms with Gasteiger partial charge in [0.05, 0.1) is 5.69 Å². The number of hydrogen-bond acceptors (Lipinski definition) is 5. The topological polar surface area (TPSA) is 93.7 Å². The number of anilines is 2. The molecular formula is C23H18FIN2O5. The lowest BCUT2D eigenvalue weighted by Crippen LogP contribution is -2.23. The van der Waals surface area contributed by atoms with Crippen molar-refractivity contribution in [2.24, 2.45) is 0 Å². The van der Waals surface area contributed by atoms with Gasteiger partial charge in [0, 0.05) is 9.26 Å². The Bertz CT molecular complexity index is 1120. The van der Waals surface area contributed by atoms with Crippen LogP contribution in [0.3, 0.4) is 0 Å². The second kappa shape index (κ2) is 11.2. The van der Waals surface area contributed by atoms with Crippen LogP contribution in [0.15, 0.2) is 72.8 Å². The monoisotopic (exact) mass is 548 g/mol. The molecule has 0 aliphatic heterocycles. The van der Waals surface area contributed by atoms with E-state index in [2.05, 4.69) is 33.2 Å². The van der Waals surface area contributed by atoms with Gasteiger partial charge in [0.2, 0.25) is 0 Å². The maximum absolute atomic E-state index is 13.6. The summed E-state index contributed by atoms with van der Waals surface area (Å²) in [5.41, 5.74) is 0.650. The lowest BCUT2D eigenvalue weighted by molar-refractivity contribution is -0.119. The van der Waals surface area contributed by atoms with Crippen LogP contribution in [0.5, 0.6) is 5.75 Å². The molecule has 3 rings (SSSR count). The second-order valence-electron chi connectivity index (χ2n) is 6.44. The van der Waals surface area contributed by atoms with Gasteiger partial charge in [-0.15, -0.1) is 0 Å². The fourth-order valence-electron chi connectivity index (χ4n) is 2.59. The van der Waals surface area contributed by atoms with Crippen molar-refractivity contribution >= 4 is 51.7 Å². The lowest BCUT2D eigenvalue weighted by Gasteiger charge is -2.12. The molecule has 2 amide bonds. The summed E-state index contributed by atoms with van der Waals surface area (Å²) >= 11 is 2.15. The summed E-state index contributed by atoms with van der Waals surface area (Å²) in [7, 11) is 0. The number of halogens is 2. The Morgan fingerprint density at radius 2 is 1.47 bits per heavy atom. The van der Waals surface area contributed by atoms with Gasteiger partial charge in [-0.2, -0.15) is 0 Å². The quantitative estimate of drug-likeness (QED) is 0.325. The van der Waals surface area contributed by atoms with Crippen molar-refractivity contribution in [2.45, 2.75) is 0 Å². The smallest absolute Gasteiger partial charge is 0.342 e. The lowest BCUT2D eigenvalue weighted by atomic mass is 10.2. The Hall–Kier alpha value is -3.47. The number of hydrogen-bond donors (Lipinski definition) is 2. The Morgan fingerprint density at radius 3 is 2.22 bits per heavy atom. The van der Waals surface area contributed by atoms with E-state index in [-0.39, 0.29) is 17.0 Å². The van der Waals surface area contributed by atoms with Crippen LogP contribution in [0.2, 0.25) is 0 Å². The summed E-state index contributed by atoms with van der Waals surface area (Å²) in [6.07, 6.45) is 0. The van der Waals surface area contributed by atoms with Crippen LogP contribution in [-0.2, 0) is 14.3 Å². The highest BCUT2D eigenvalue weighted by atomic mass is 127. The molecular weight excluding hydrogens is 530 g/mol. The summed E-state index contributed by atoms with van der Waals surface area (Å²) in [6, 6.07) is 19.0. The number of carbonyl (C=O) groups excluding carboxylic acids is 3. The maximum atomic E-state index is 13.6. The molecule has 0 fully saturated rings. The highest BCUT2D eigenvalue weighted by molar-refractivity contribution is 14.1. The predicted octanol–water partition coefficient (Wildman–Crippen LogP) is 4.24. The molecule has 0 aromatic heterocycles. The van der Waals surface area contributed by atoms with Crippen molar-refractivity contribution in [1.82, 2.24) is 0 Å². The molecule has 0 atom stereocenters. The second-order valence-corrected chi connectivity index (χ2v) is 7.69. The highest BCUT2D eigenvalue weighted by Crippen LogP contribution is 2.19. The minimum Gasteiger partial charge on any atom is -0.483 e. The van der Waals surface area contributed by atoms with Crippen molar-refractivity contribution in [3.8, 4) is 5.75 Å². The van der Waals surface area contributed by atoms with Crippen LogP contribution in [-0.4, -0.2) is 31.0 Å². The van der Waals surface area contributed by atoms with E-state index in [1.165, 1.54) is 30.3 Å². The number of carbonyl (C=O) groups is 3. The van der Waals surface area contributed by atoms with E-state index in [1.807, 2.05) is 12.1 Å². The van der Waals surface area contributed by atoms with Gasteiger partial charge in [0.1, 0.15) is 17.1 Å². The molecule has 0 radical (unpaired) electrons. The van der Waals surface area contributed by atoms with Crippen LogP contribution >= 0.6 is 22.6 Å². The molecule has 0 saturated carbocycles. The van der Waals surface area contributed by atoms with Crippen molar-refractivity contribution in [3.05, 3.63) is 87.7 Å². The Kier molecular flexibility index (Phi) is 8.14. The van der Waals surface area contributed by atoms with Gasteiger partial charge in [-0.3, -0.25) is 9.59 Å². The van der Waals surface area contributed by atoms with E-state index in [0.717, 1.165) is 3.57 Å². The summed E-state index contributed by atoms with van der Waals surface area (Å²) < 4.78 is 25.1. The Balaban J connectivity index is 1.53. The number of nitrogens with one attached hydrogen (secondary N) is 2. The van der Waals surface area contributed by atoms with Crippen LogP contribution < -0.4 is 15.4 Å². The molecule has 0 aliphatic carbocycles. The van der Waals surface area contributed by atoms with Crippen LogP contribution in [0.1, 0.15) is 10.4 Å². The van der Waals surface area contributed by atoms with Crippen molar-refractivity contribution in [3.63, 3.8) is 0 Å². The first-order valence-electron chi connectivity index (χ1n) is 9.41. The molecule has 32 heavy (non-hydrogen) atoms. The first kappa shape index (κ1) is 23.2. The third kappa shape index (κ3) is 6.77. The summed E-state index contributed by atoms with van der Waals surface area (Å²) in [6.45, 7) is -0.946. The van der Waals surface area contributed by atoms with Gasteiger partial charge in [0.25, 0.3) is 11.8 Å². The largest absolute Gasteiger partial charge is 0.483 e. The van der Waals surface area contributed by atoms with Gasteiger partial charge in [-0.1, -0.05) is 24.3 Å². The molecule has 0 unspecified atom stereocenters. The zero-order chi connectivity index (χ0) is 22.9. The molecule has 3 aromatic carbocycles. The van der Waals surface area contributed by atoms with E-state index in [0.29, 0.717) is 5.69 Å². The van der Waals surface area contributed by atoms with Gasteiger partial charge in [-0.25, -0.2) is 9.18 Å². The highest BCUT2D eigenvalue weighted by Gasteiger charge is 2.16. The number of benzene rings is 3. The average Bonchev–Trinajstić information content (AvgIpc) is 2.79. The standard InChI is InChI=1S/C23H18FIN2O5/c24-18-6-2-3-7-19(18)27-22(29)13-31-20-8-4-1-5-17(20)23(30)32-14-21(28)26-16-11-9-15(25)10-12-16/h1-12H,13-14H2,(H,26,28)(H,27,29). The van der Waals surface area contributed by atoms with Crippen LogP contribution in [0.4, 0.5) is 15.8 Å². The first-order valence-corrected chi connectivity index (χ1v) is 10.5. The van der Waals surface area contributed by atoms with Crippen LogP contribution in [0.25, 0.3) is 0 Å². The molecule has 0 saturated heterocycles. The number of amides is 2. The van der Waals surface area contributed by atoms with E-state index in [1.54, 1.807) is 30.3 Å². The minimum atomic E-state index is -0.784. The average molecular weight is 548 g/mol. The summed E-state index contributed by atoms with van der Waals surface area (Å²) in [5, 5.41) is 5.01. The first-order chi connectivity index (χ1) is 15.4. The van der Waals surface area contributed by atoms with Gasteiger partial charge in [0.15, 0.2) is 13.2 Å². The predicted molar refractivity (Wildman–Crippen MR) is 125 cm³/mol.